The lowest BCUT2D eigenvalue weighted by atomic mass is 10.0. The number of rotatable bonds is 12. The van der Waals surface area contributed by atoms with E-state index in [-0.39, 0.29) is 28.6 Å². The normalized spacial score (nSPS) is 11.8. The van der Waals surface area contributed by atoms with E-state index in [0.29, 0.717) is 16.3 Å². The number of amides is 2. The number of sulfonamides is 1. The third-order valence-electron chi connectivity index (χ3n) is 6.85. The monoisotopic (exact) mass is 639 g/mol. The third-order valence-corrected chi connectivity index (χ3v) is 9.30. The zero-order valence-corrected chi connectivity index (χ0v) is 25.9. The maximum atomic E-state index is 14.3. The summed E-state index contributed by atoms with van der Waals surface area (Å²) < 4.78 is 34.2. The lowest BCUT2D eigenvalue weighted by Gasteiger charge is -2.33. The van der Waals surface area contributed by atoms with Crippen LogP contribution in [0.2, 0.25) is 10.0 Å². The van der Waals surface area contributed by atoms with E-state index in [1.54, 1.807) is 42.5 Å². The van der Waals surface area contributed by atoms with Gasteiger partial charge in [-0.1, -0.05) is 89.9 Å². The Bertz CT molecular complexity index is 1670. The zero-order chi connectivity index (χ0) is 31.0. The van der Waals surface area contributed by atoms with E-state index in [4.69, 9.17) is 27.9 Å². The number of benzene rings is 4. The van der Waals surface area contributed by atoms with Gasteiger partial charge in [0.15, 0.2) is 0 Å². The molecule has 0 radical (unpaired) electrons. The molecule has 0 aliphatic heterocycles. The van der Waals surface area contributed by atoms with Crippen LogP contribution in [0, 0.1) is 0 Å². The number of halogens is 2. The number of anilines is 1. The highest BCUT2D eigenvalue weighted by Crippen LogP contribution is 2.32. The first-order chi connectivity index (χ1) is 20.6. The Hall–Kier alpha value is -4.05. The number of ether oxygens (including phenoxy) is 1. The van der Waals surface area contributed by atoms with Crippen molar-refractivity contribution in [2.24, 2.45) is 0 Å². The number of hydrogen-bond donors (Lipinski definition) is 1. The van der Waals surface area contributed by atoms with Crippen molar-refractivity contribution in [2.75, 3.05) is 25.0 Å². The van der Waals surface area contributed by atoms with Crippen LogP contribution in [0.1, 0.15) is 11.1 Å². The molecule has 11 heteroatoms. The van der Waals surface area contributed by atoms with Crippen molar-refractivity contribution in [1.29, 1.82) is 0 Å². The van der Waals surface area contributed by atoms with E-state index < -0.39 is 34.4 Å². The summed E-state index contributed by atoms with van der Waals surface area (Å²) in [6, 6.07) is 27.5. The number of nitrogens with zero attached hydrogens (tertiary/aromatic N) is 2. The molecule has 224 valence electrons. The van der Waals surface area contributed by atoms with E-state index in [0.717, 1.165) is 9.87 Å². The number of methoxy groups -OCH3 is 1. The van der Waals surface area contributed by atoms with Crippen LogP contribution < -0.4 is 14.4 Å². The Labute approximate surface area is 261 Å². The standard InChI is InChI=1S/C32H31Cl2N3O5S/c1-35-32(39)29(19-23-11-5-3-6-12-23)36(21-24-13-9-10-16-27(24)33)31(38)22-37(25-17-18-30(42-2)28(34)20-25)43(40,41)26-14-7-4-8-15-26/h3-18,20,29H,19,21-22H2,1-2H3,(H,35,39)/t29-/m1/s1. The van der Waals surface area contributed by atoms with Gasteiger partial charge in [-0.3, -0.25) is 13.9 Å². The summed E-state index contributed by atoms with van der Waals surface area (Å²) in [5.74, 6) is -0.679. The van der Waals surface area contributed by atoms with Gasteiger partial charge in [0.25, 0.3) is 10.0 Å². The third kappa shape index (κ3) is 7.67. The van der Waals surface area contributed by atoms with Gasteiger partial charge in [0, 0.05) is 25.0 Å². The molecule has 0 aromatic heterocycles. The second-order valence-electron chi connectivity index (χ2n) is 9.58. The van der Waals surface area contributed by atoms with E-state index >= 15 is 0 Å². The van der Waals surface area contributed by atoms with Crippen LogP contribution in [0.4, 0.5) is 5.69 Å². The smallest absolute Gasteiger partial charge is 0.264 e. The molecule has 0 saturated carbocycles. The Morgan fingerprint density at radius 1 is 0.860 bits per heavy atom. The van der Waals surface area contributed by atoms with Crippen LogP contribution in [0.25, 0.3) is 0 Å². The molecule has 1 atom stereocenters. The lowest BCUT2D eigenvalue weighted by Crippen LogP contribution is -2.53. The van der Waals surface area contributed by atoms with E-state index in [1.807, 2.05) is 30.3 Å². The molecule has 43 heavy (non-hydrogen) atoms. The quantitative estimate of drug-likeness (QED) is 0.218. The number of nitrogens with one attached hydrogen (secondary N) is 1. The summed E-state index contributed by atoms with van der Waals surface area (Å²) in [6.45, 7) is -0.654. The summed E-state index contributed by atoms with van der Waals surface area (Å²) in [6.07, 6.45) is 0.191. The van der Waals surface area contributed by atoms with Crippen LogP contribution in [0.3, 0.4) is 0 Å². The summed E-state index contributed by atoms with van der Waals surface area (Å²) in [4.78, 5) is 29.0. The number of hydrogen-bond acceptors (Lipinski definition) is 5. The van der Waals surface area contributed by atoms with E-state index in [1.165, 1.54) is 49.4 Å². The summed E-state index contributed by atoms with van der Waals surface area (Å²) in [5.41, 5.74) is 1.58. The Morgan fingerprint density at radius 2 is 1.49 bits per heavy atom. The van der Waals surface area contributed by atoms with Gasteiger partial charge in [-0.15, -0.1) is 0 Å². The van der Waals surface area contributed by atoms with Crippen molar-refractivity contribution in [3.05, 3.63) is 124 Å². The van der Waals surface area contributed by atoms with E-state index in [9.17, 15) is 18.0 Å². The SMILES string of the molecule is CNC(=O)[C@@H](Cc1ccccc1)N(Cc1ccccc1Cl)C(=O)CN(c1ccc(OC)c(Cl)c1)S(=O)(=O)c1ccccc1. The number of likely N-dealkylation sites (N-methyl/N-ethyl adjacent to an activating group) is 1. The minimum atomic E-state index is -4.25. The molecule has 0 fully saturated rings. The maximum Gasteiger partial charge on any atom is 0.264 e. The van der Waals surface area contributed by atoms with Crippen molar-refractivity contribution >= 4 is 50.7 Å². The zero-order valence-electron chi connectivity index (χ0n) is 23.6. The van der Waals surface area contributed by atoms with Gasteiger partial charge < -0.3 is 15.0 Å². The molecule has 0 aliphatic rings. The highest BCUT2D eigenvalue weighted by Gasteiger charge is 2.34. The highest BCUT2D eigenvalue weighted by atomic mass is 35.5. The van der Waals surface area contributed by atoms with Crippen molar-refractivity contribution in [3.8, 4) is 5.75 Å². The van der Waals surface area contributed by atoms with Crippen LogP contribution >= 0.6 is 23.2 Å². The van der Waals surface area contributed by atoms with Crippen molar-refractivity contribution in [2.45, 2.75) is 23.9 Å². The summed E-state index contributed by atoms with van der Waals surface area (Å²) in [5, 5.41) is 3.23. The van der Waals surface area contributed by atoms with Gasteiger partial charge in [0.2, 0.25) is 11.8 Å². The summed E-state index contributed by atoms with van der Waals surface area (Å²) >= 11 is 12.9. The number of carbonyl (C=O) groups is 2. The topological polar surface area (TPSA) is 96.0 Å². The molecular formula is C32H31Cl2N3O5S. The van der Waals surface area contributed by atoms with E-state index in [2.05, 4.69) is 5.32 Å². The second kappa shape index (κ2) is 14.4. The molecule has 2 amide bonds. The minimum Gasteiger partial charge on any atom is -0.495 e. The first-order valence-electron chi connectivity index (χ1n) is 13.4. The first kappa shape index (κ1) is 31.9. The van der Waals surface area contributed by atoms with Crippen molar-refractivity contribution in [1.82, 2.24) is 10.2 Å². The fourth-order valence-electron chi connectivity index (χ4n) is 4.59. The Kier molecular flexibility index (Phi) is 10.7. The molecule has 0 unspecified atom stereocenters. The molecule has 8 nitrogen and oxygen atoms in total. The van der Waals surface area contributed by atoms with Crippen LogP contribution in [-0.4, -0.2) is 51.9 Å². The fraction of sp³-hybridized carbons (Fsp3) is 0.188. The highest BCUT2D eigenvalue weighted by molar-refractivity contribution is 7.92. The molecule has 0 spiro atoms. The molecule has 0 bridgehead atoms. The van der Waals surface area contributed by atoms with Crippen molar-refractivity contribution in [3.63, 3.8) is 0 Å². The van der Waals surface area contributed by atoms with Gasteiger partial charge in [0.1, 0.15) is 18.3 Å². The first-order valence-corrected chi connectivity index (χ1v) is 15.5. The molecule has 0 heterocycles. The Morgan fingerprint density at radius 3 is 2.09 bits per heavy atom. The van der Waals surface area contributed by atoms with Gasteiger partial charge in [-0.2, -0.15) is 0 Å². The van der Waals surface area contributed by atoms with Crippen LogP contribution in [0.5, 0.6) is 5.75 Å². The molecule has 4 aromatic carbocycles. The van der Waals surface area contributed by atoms with Crippen molar-refractivity contribution < 1.29 is 22.7 Å². The molecule has 0 aliphatic carbocycles. The number of carbonyl (C=O) groups excluding carboxylic acids is 2. The minimum absolute atomic E-state index is 0.0143. The molecular weight excluding hydrogens is 609 g/mol. The molecule has 4 rings (SSSR count). The Balaban J connectivity index is 1.81. The summed E-state index contributed by atoms with van der Waals surface area (Å²) in [7, 11) is -1.32. The van der Waals surface area contributed by atoms with Gasteiger partial charge in [0.05, 0.1) is 22.7 Å². The van der Waals surface area contributed by atoms with Crippen LogP contribution in [-0.2, 0) is 32.6 Å². The average Bonchev–Trinajstić information content (AvgIpc) is 3.02. The largest absolute Gasteiger partial charge is 0.495 e. The average molecular weight is 641 g/mol. The maximum absolute atomic E-state index is 14.3. The van der Waals surface area contributed by atoms with Crippen LogP contribution in [0.15, 0.2) is 108 Å². The fourth-order valence-corrected chi connectivity index (χ4v) is 6.46. The second-order valence-corrected chi connectivity index (χ2v) is 12.3. The van der Waals surface area contributed by atoms with Gasteiger partial charge in [-0.05, 0) is 47.5 Å². The molecule has 1 N–H and O–H groups in total. The van der Waals surface area contributed by atoms with Gasteiger partial charge >= 0.3 is 0 Å². The predicted molar refractivity (Wildman–Crippen MR) is 169 cm³/mol. The predicted octanol–water partition coefficient (Wildman–Crippen LogP) is 5.58. The van der Waals surface area contributed by atoms with Gasteiger partial charge in [-0.25, -0.2) is 8.42 Å². The molecule has 0 saturated heterocycles. The molecule has 4 aromatic rings. The lowest BCUT2D eigenvalue weighted by molar-refractivity contribution is -0.139.